The normalized spacial score (nSPS) is 13.4. The zero-order chi connectivity index (χ0) is 17.2. The first-order chi connectivity index (χ1) is 12.2. The molecule has 0 radical (unpaired) electrons. The Morgan fingerprint density at radius 2 is 1.76 bits per heavy atom. The molecular formula is C19H15ClN4O. The van der Waals surface area contributed by atoms with Gasteiger partial charge in [0.1, 0.15) is 5.02 Å². The number of nitrogens with one attached hydrogen (secondary N) is 2. The van der Waals surface area contributed by atoms with Crippen molar-refractivity contribution in [3.63, 3.8) is 0 Å². The van der Waals surface area contributed by atoms with Crippen LogP contribution in [0, 0.1) is 0 Å². The Labute approximate surface area is 150 Å². The molecule has 1 aliphatic rings. The number of benzene rings is 2. The minimum atomic E-state index is 0.108. The van der Waals surface area contributed by atoms with E-state index in [1.807, 2.05) is 48.5 Å². The highest BCUT2D eigenvalue weighted by Gasteiger charge is 2.11. The van der Waals surface area contributed by atoms with Crippen LogP contribution in [0.3, 0.4) is 0 Å². The SMILES string of the molecule is O=C1CCc2cccc(c2)Nc2nc(ncc2Cl)Nc2cccc1c2. The smallest absolute Gasteiger partial charge is 0.229 e. The number of fused-ring (bicyclic) bond motifs is 6. The number of hydrogen-bond acceptors (Lipinski definition) is 5. The second-order valence-electron chi connectivity index (χ2n) is 5.84. The van der Waals surface area contributed by atoms with E-state index in [0.717, 1.165) is 16.9 Å². The fourth-order valence-corrected chi connectivity index (χ4v) is 2.90. The van der Waals surface area contributed by atoms with Crippen molar-refractivity contribution in [1.29, 1.82) is 0 Å². The van der Waals surface area contributed by atoms with Crippen molar-refractivity contribution < 1.29 is 4.79 Å². The second kappa shape index (κ2) is 6.53. The van der Waals surface area contributed by atoms with Crippen molar-refractivity contribution in [2.24, 2.45) is 0 Å². The summed E-state index contributed by atoms with van der Waals surface area (Å²) >= 11 is 6.22. The molecular weight excluding hydrogens is 336 g/mol. The average molecular weight is 351 g/mol. The Balaban J connectivity index is 1.81. The van der Waals surface area contributed by atoms with Gasteiger partial charge in [-0.1, -0.05) is 35.9 Å². The van der Waals surface area contributed by atoms with Crippen molar-refractivity contribution in [2.75, 3.05) is 10.6 Å². The fraction of sp³-hybridized carbons (Fsp3) is 0.105. The molecule has 0 unspecified atom stereocenters. The molecule has 6 heteroatoms. The van der Waals surface area contributed by atoms with Gasteiger partial charge in [-0.05, 0) is 36.2 Å². The van der Waals surface area contributed by atoms with Gasteiger partial charge in [0.15, 0.2) is 11.6 Å². The number of hydrogen-bond donors (Lipinski definition) is 2. The lowest BCUT2D eigenvalue weighted by Gasteiger charge is -2.13. The molecule has 5 nitrogen and oxygen atoms in total. The molecule has 0 fully saturated rings. The summed E-state index contributed by atoms with van der Waals surface area (Å²) in [5, 5.41) is 6.77. The number of rotatable bonds is 0. The molecule has 0 saturated carbocycles. The summed E-state index contributed by atoms with van der Waals surface area (Å²) in [7, 11) is 0. The van der Waals surface area contributed by atoms with E-state index in [2.05, 4.69) is 20.6 Å². The topological polar surface area (TPSA) is 66.9 Å². The second-order valence-corrected chi connectivity index (χ2v) is 6.25. The van der Waals surface area contributed by atoms with Crippen LogP contribution < -0.4 is 10.6 Å². The van der Waals surface area contributed by atoms with Crippen LogP contribution in [0.4, 0.5) is 23.1 Å². The summed E-state index contributed by atoms with van der Waals surface area (Å²) in [4.78, 5) is 21.1. The Kier molecular flexibility index (Phi) is 4.07. The van der Waals surface area contributed by atoms with Gasteiger partial charge in [0.25, 0.3) is 0 Å². The number of aromatic nitrogens is 2. The lowest BCUT2D eigenvalue weighted by molar-refractivity contribution is 0.0983. The molecule has 2 aromatic carbocycles. The van der Waals surface area contributed by atoms with Gasteiger partial charge in [-0.3, -0.25) is 4.79 Å². The van der Waals surface area contributed by atoms with E-state index in [1.165, 1.54) is 0 Å². The zero-order valence-corrected chi connectivity index (χ0v) is 14.0. The van der Waals surface area contributed by atoms with Gasteiger partial charge in [-0.2, -0.15) is 4.98 Å². The molecule has 0 amide bonds. The molecule has 124 valence electrons. The Hall–Kier alpha value is -2.92. The number of halogens is 1. The van der Waals surface area contributed by atoms with Crippen molar-refractivity contribution in [3.8, 4) is 0 Å². The quantitative estimate of drug-likeness (QED) is 0.612. The van der Waals surface area contributed by atoms with Gasteiger partial charge < -0.3 is 10.6 Å². The summed E-state index contributed by atoms with van der Waals surface area (Å²) in [5.41, 5.74) is 3.38. The lowest BCUT2D eigenvalue weighted by Crippen LogP contribution is -2.05. The van der Waals surface area contributed by atoms with Crippen LogP contribution in [0.15, 0.2) is 54.7 Å². The van der Waals surface area contributed by atoms with E-state index in [4.69, 9.17) is 11.6 Å². The molecule has 2 heterocycles. The van der Waals surface area contributed by atoms with E-state index >= 15 is 0 Å². The van der Waals surface area contributed by atoms with Gasteiger partial charge in [-0.25, -0.2) is 4.98 Å². The van der Waals surface area contributed by atoms with Crippen LogP contribution in [-0.2, 0) is 6.42 Å². The predicted molar refractivity (Wildman–Crippen MR) is 99.1 cm³/mol. The standard InChI is InChI=1S/C19H15ClN4O/c20-16-11-21-19-23-15-6-2-4-13(10-15)17(25)8-7-12-3-1-5-14(9-12)22-18(16)24-19/h1-6,9-11H,7-8H2,(H2,21,22,23,24). The van der Waals surface area contributed by atoms with E-state index in [9.17, 15) is 4.79 Å². The van der Waals surface area contributed by atoms with Gasteiger partial charge >= 0.3 is 0 Å². The van der Waals surface area contributed by atoms with Crippen molar-refractivity contribution >= 4 is 40.5 Å². The molecule has 4 rings (SSSR count). The van der Waals surface area contributed by atoms with Crippen LogP contribution in [-0.4, -0.2) is 15.8 Å². The molecule has 0 aliphatic carbocycles. The number of carbonyl (C=O) groups excluding carboxylic acids is 1. The van der Waals surface area contributed by atoms with E-state index in [0.29, 0.717) is 35.2 Å². The maximum atomic E-state index is 12.5. The van der Waals surface area contributed by atoms with Crippen LogP contribution in [0.5, 0.6) is 0 Å². The minimum absolute atomic E-state index is 0.108. The molecule has 1 aromatic heterocycles. The highest BCUT2D eigenvalue weighted by atomic mass is 35.5. The first-order valence-electron chi connectivity index (χ1n) is 7.96. The third kappa shape index (κ3) is 3.46. The average Bonchev–Trinajstić information content (AvgIpc) is 2.62. The number of Topliss-reactive ketones (excluding diaryl/α,β-unsaturated/α-hetero) is 1. The maximum Gasteiger partial charge on any atom is 0.229 e. The molecule has 0 saturated heterocycles. The molecule has 3 aromatic rings. The molecule has 1 aliphatic heterocycles. The molecule has 0 spiro atoms. The third-order valence-electron chi connectivity index (χ3n) is 4.02. The summed E-state index contributed by atoms with van der Waals surface area (Å²) in [5.74, 6) is 1.04. The van der Waals surface area contributed by atoms with Crippen molar-refractivity contribution in [2.45, 2.75) is 12.8 Å². The monoisotopic (exact) mass is 350 g/mol. The van der Waals surface area contributed by atoms with Crippen LogP contribution in [0.1, 0.15) is 22.3 Å². The fourth-order valence-electron chi connectivity index (χ4n) is 2.76. The molecule has 2 N–H and O–H groups in total. The summed E-state index contributed by atoms with van der Waals surface area (Å²) in [6, 6.07) is 15.2. The lowest BCUT2D eigenvalue weighted by atomic mass is 10.0. The summed E-state index contributed by atoms with van der Waals surface area (Å²) in [6.45, 7) is 0. The highest BCUT2D eigenvalue weighted by molar-refractivity contribution is 6.32. The van der Waals surface area contributed by atoms with E-state index in [-0.39, 0.29) is 5.78 Å². The summed E-state index contributed by atoms with van der Waals surface area (Å²) in [6.07, 6.45) is 2.67. The summed E-state index contributed by atoms with van der Waals surface area (Å²) < 4.78 is 0. The predicted octanol–water partition coefficient (Wildman–Crippen LogP) is 4.75. The number of aryl methyl sites for hydroxylation is 1. The Morgan fingerprint density at radius 1 is 0.960 bits per heavy atom. The first-order valence-corrected chi connectivity index (χ1v) is 8.34. The molecule has 25 heavy (non-hydrogen) atoms. The van der Waals surface area contributed by atoms with E-state index < -0.39 is 0 Å². The largest absolute Gasteiger partial charge is 0.339 e. The molecule has 6 bridgehead atoms. The van der Waals surface area contributed by atoms with Gasteiger partial charge in [0.2, 0.25) is 5.95 Å². The number of anilines is 4. The maximum absolute atomic E-state index is 12.5. The number of ketones is 1. The first kappa shape index (κ1) is 15.6. The Bertz CT molecular complexity index is 958. The third-order valence-corrected chi connectivity index (χ3v) is 4.29. The number of nitrogens with zero attached hydrogens (tertiary/aromatic N) is 2. The molecule has 0 atom stereocenters. The van der Waals surface area contributed by atoms with Gasteiger partial charge in [-0.15, -0.1) is 0 Å². The zero-order valence-electron chi connectivity index (χ0n) is 13.3. The van der Waals surface area contributed by atoms with E-state index in [1.54, 1.807) is 6.20 Å². The van der Waals surface area contributed by atoms with Gasteiger partial charge in [0.05, 0.1) is 6.20 Å². The minimum Gasteiger partial charge on any atom is -0.339 e. The van der Waals surface area contributed by atoms with Crippen LogP contribution >= 0.6 is 11.6 Å². The van der Waals surface area contributed by atoms with Crippen molar-refractivity contribution in [1.82, 2.24) is 9.97 Å². The Morgan fingerprint density at radius 3 is 2.64 bits per heavy atom. The van der Waals surface area contributed by atoms with Crippen LogP contribution in [0.25, 0.3) is 0 Å². The van der Waals surface area contributed by atoms with Crippen molar-refractivity contribution in [3.05, 3.63) is 70.9 Å². The highest BCUT2D eigenvalue weighted by Crippen LogP contribution is 2.26. The van der Waals surface area contributed by atoms with Gasteiger partial charge in [0, 0.05) is 23.4 Å². The number of carbonyl (C=O) groups is 1. The van der Waals surface area contributed by atoms with Crippen LogP contribution in [0.2, 0.25) is 5.02 Å².